The molecule has 0 radical (unpaired) electrons. The topological polar surface area (TPSA) is 61.3 Å². The Morgan fingerprint density at radius 3 is 3.06 bits per heavy atom. The molecule has 6 heteroatoms. The molecule has 0 amide bonds. The summed E-state index contributed by atoms with van der Waals surface area (Å²) in [5.41, 5.74) is 0. The van der Waals surface area contributed by atoms with Crippen LogP contribution in [0.15, 0.2) is 10.8 Å². The smallest absolute Gasteiger partial charge is 0.148 e. The molecule has 2 heterocycles. The highest BCUT2D eigenvalue weighted by atomic mass is 79.9. The number of nitrogens with one attached hydrogen (secondary N) is 1. The highest BCUT2D eigenvalue weighted by molar-refractivity contribution is 9.10. The van der Waals surface area contributed by atoms with E-state index in [9.17, 15) is 5.11 Å². The average molecular weight is 301 g/mol. The van der Waals surface area contributed by atoms with Gasteiger partial charge in [0.15, 0.2) is 0 Å². The summed E-state index contributed by atoms with van der Waals surface area (Å²) in [4.78, 5) is 10.6. The minimum atomic E-state index is -0.246. The number of aromatic nitrogens is 2. The maximum atomic E-state index is 9.55. The summed E-state index contributed by atoms with van der Waals surface area (Å²) in [5, 5.41) is 12.8. The zero-order valence-corrected chi connectivity index (χ0v) is 11.4. The highest BCUT2D eigenvalue weighted by Gasteiger charge is 2.24. The van der Waals surface area contributed by atoms with Gasteiger partial charge in [0.25, 0.3) is 0 Å². The van der Waals surface area contributed by atoms with Crippen molar-refractivity contribution in [2.75, 3.05) is 29.9 Å². The van der Waals surface area contributed by atoms with Crippen molar-refractivity contribution in [2.45, 2.75) is 25.9 Å². The molecule has 94 valence electrons. The summed E-state index contributed by atoms with van der Waals surface area (Å²) in [6.07, 6.45) is 3.16. The lowest BCUT2D eigenvalue weighted by Crippen LogP contribution is -2.23. The van der Waals surface area contributed by atoms with Crippen LogP contribution in [0.3, 0.4) is 0 Å². The number of hydrogen-bond donors (Lipinski definition) is 2. The van der Waals surface area contributed by atoms with Crippen LogP contribution in [-0.2, 0) is 0 Å². The Balaban J connectivity index is 2.17. The lowest BCUT2D eigenvalue weighted by Gasteiger charge is -2.19. The van der Waals surface area contributed by atoms with Crippen LogP contribution >= 0.6 is 15.9 Å². The minimum absolute atomic E-state index is 0.246. The van der Waals surface area contributed by atoms with Gasteiger partial charge in [-0.05, 0) is 28.8 Å². The molecule has 0 aromatic carbocycles. The van der Waals surface area contributed by atoms with Crippen LogP contribution in [0.1, 0.15) is 19.8 Å². The summed E-state index contributed by atoms with van der Waals surface area (Å²) in [5.74, 6) is 1.67. The Labute approximate surface area is 109 Å². The van der Waals surface area contributed by atoms with E-state index in [0.717, 1.165) is 42.0 Å². The molecule has 1 aromatic heterocycles. The van der Waals surface area contributed by atoms with Gasteiger partial charge in [-0.3, -0.25) is 0 Å². The Hall–Kier alpha value is -0.880. The van der Waals surface area contributed by atoms with Gasteiger partial charge in [-0.2, -0.15) is 0 Å². The van der Waals surface area contributed by atoms with E-state index in [1.165, 1.54) is 0 Å². The monoisotopic (exact) mass is 300 g/mol. The zero-order chi connectivity index (χ0) is 12.3. The third kappa shape index (κ3) is 2.87. The van der Waals surface area contributed by atoms with Crippen molar-refractivity contribution in [3.63, 3.8) is 0 Å². The molecule has 1 unspecified atom stereocenters. The lowest BCUT2D eigenvalue weighted by atomic mass is 10.3. The fourth-order valence-corrected chi connectivity index (χ4v) is 2.48. The van der Waals surface area contributed by atoms with Gasteiger partial charge in [0.1, 0.15) is 22.4 Å². The Bertz CT molecular complexity index is 388. The second kappa shape index (κ2) is 5.64. The fourth-order valence-electron chi connectivity index (χ4n) is 1.88. The van der Waals surface area contributed by atoms with Gasteiger partial charge in [0, 0.05) is 19.6 Å². The first kappa shape index (κ1) is 12.6. The standard InChI is InChI=1S/C11H17BrN4O/c1-2-4-13-10-9(12)11(15-7-14-10)16-5-3-8(17)6-16/h7-8,17H,2-6H2,1H3,(H,13,14,15). The van der Waals surface area contributed by atoms with E-state index < -0.39 is 0 Å². The van der Waals surface area contributed by atoms with Gasteiger partial charge < -0.3 is 15.3 Å². The van der Waals surface area contributed by atoms with Crippen molar-refractivity contribution in [1.29, 1.82) is 0 Å². The van der Waals surface area contributed by atoms with Gasteiger partial charge in [0.2, 0.25) is 0 Å². The second-order valence-corrected chi connectivity index (χ2v) is 4.97. The minimum Gasteiger partial charge on any atom is -0.391 e. The molecule has 0 spiro atoms. The molecule has 2 N–H and O–H groups in total. The van der Waals surface area contributed by atoms with Crippen molar-refractivity contribution in [3.05, 3.63) is 10.8 Å². The molecular formula is C11H17BrN4O. The number of rotatable bonds is 4. The fraction of sp³-hybridized carbons (Fsp3) is 0.636. The largest absolute Gasteiger partial charge is 0.391 e. The molecule has 17 heavy (non-hydrogen) atoms. The van der Waals surface area contributed by atoms with E-state index in [2.05, 4.69) is 43.0 Å². The third-order valence-corrected chi connectivity index (χ3v) is 3.51. The van der Waals surface area contributed by atoms with Crippen molar-refractivity contribution < 1.29 is 5.11 Å². The summed E-state index contributed by atoms with van der Waals surface area (Å²) in [7, 11) is 0. The summed E-state index contributed by atoms with van der Waals surface area (Å²) < 4.78 is 0.877. The van der Waals surface area contributed by atoms with Crippen molar-refractivity contribution in [1.82, 2.24) is 9.97 Å². The van der Waals surface area contributed by atoms with Gasteiger partial charge in [-0.15, -0.1) is 0 Å². The van der Waals surface area contributed by atoms with Crippen LogP contribution in [-0.4, -0.2) is 40.8 Å². The third-order valence-electron chi connectivity index (χ3n) is 2.78. The predicted molar refractivity (Wildman–Crippen MR) is 71.3 cm³/mol. The lowest BCUT2D eigenvalue weighted by molar-refractivity contribution is 0.198. The van der Waals surface area contributed by atoms with Crippen LogP contribution < -0.4 is 10.2 Å². The first-order valence-corrected chi connectivity index (χ1v) is 6.69. The molecular weight excluding hydrogens is 284 g/mol. The van der Waals surface area contributed by atoms with Crippen molar-refractivity contribution in [2.24, 2.45) is 0 Å². The van der Waals surface area contributed by atoms with E-state index in [1.54, 1.807) is 6.33 Å². The Morgan fingerprint density at radius 2 is 2.41 bits per heavy atom. The van der Waals surface area contributed by atoms with E-state index >= 15 is 0 Å². The zero-order valence-electron chi connectivity index (χ0n) is 9.86. The number of halogens is 1. The average Bonchev–Trinajstić information content (AvgIpc) is 2.74. The number of anilines is 2. The van der Waals surface area contributed by atoms with Crippen molar-refractivity contribution in [3.8, 4) is 0 Å². The Kier molecular flexibility index (Phi) is 4.17. The molecule has 1 saturated heterocycles. The van der Waals surface area contributed by atoms with Gasteiger partial charge in [0.05, 0.1) is 6.10 Å². The molecule has 1 aromatic rings. The summed E-state index contributed by atoms with van der Waals surface area (Å²) in [6.45, 7) is 4.48. The molecule has 5 nitrogen and oxygen atoms in total. The number of aliphatic hydroxyl groups is 1. The maximum absolute atomic E-state index is 9.55. The Morgan fingerprint density at radius 1 is 1.59 bits per heavy atom. The first-order valence-electron chi connectivity index (χ1n) is 5.89. The quantitative estimate of drug-likeness (QED) is 0.885. The number of aliphatic hydroxyl groups excluding tert-OH is 1. The highest BCUT2D eigenvalue weighted by Crippen LogP contribution is 2.31. The number of nitrogens with zero attached hydrogens (tertiary/aromatic N) is 3. The summed E-state index contributed by atoms with van der Waals surface area (Å²) in [6, 6.07) is 0. The molecule has 1 fully saturated rings. The van der Waals surface area contributed by atoms with Crippen LogP contribution in [0, 0.1) is 0 Å². The predicted octanol–water partition coefficient (Wildman–Crippen LogP) is 1.63. The molecule has 1 aliphatic heterocycles. The molecule has 2 rings (SSSR count). The molecule has 1 aliphatic rings. The van der Waals surface area contributed by atoms with Gasteiger partial charge >= 0.3 is 0 Å². The van der Waals surface area contributed by atoms with Crippen LogP contribution in [0.25, 0.3) is 0 Å². The number of β-amino-alcohol motifs (C(OH)–C–C–N with tert-alkyl or cyclic N) is 1. The normalized spacial score (nSPS) is 19.7. The molecule has 0 saturated carbocycles. The number of hydrogen-bond acceptors (Lipinski definition) is 5. The van der Waals surface area contributed by atoms with Crippen molar-refractivity contribution >= 4 is 27.6 Å². The first-order chi connectivity index (χ1) is 8.22. The van der Waals surface area contributed by atoms with E-state index in [4.69, 9.17) is 0 Å². The second-order valence-electron chi connectivity index (χ2n) is 4.18. The van der Waals surface area contributed by atoms with Crippen LogP contribution in [0.2, 0.25) is 0 Å². The van der Waals surface area contributed by atoms with Crippen LogP contribution in [0.5, 0.6) is 0 Å². The molecule has 0 bridgehead atoms. The summed E-state index contributed by atoms with van der Waals surface area (Å²) >= 11 is 3.53. The van der Waals surface area contributed by atoms with Gasteiger partial charge in [-0.25, -0.2) is 9.97 Å². The van der Waals surface area contributed by atoms with E-state index in [0.29, 0.717) is 6.54 Å². The van der Waals surface area contributed by atoms with Crippen LogP contribution in [0.4, 0.5) is 11.6 Å². The van der Waals surface area contributed by atoms with E-state index in [1.807, 2.05) is 0 Å². The molecule has 1 atom stereocenters. The SMILES string of the molecule is CCCNc1ncnc(N2CCC(O)C2)c1Br. The van der Waals surface area contributed by atoms with Gasteiger partial charge in [-0.1, -0.05) is 6.92 Å². The molecule has 0 aliphatic carbocycles. The van der Waals surface area contributed by atoms with E-state index in [-0.39, 0.29) is 6.10 Å². The maximum Gasteiger partial charge on any atom is 0.148 e.